The van der Waals surface area contributed by atoms with Gasteiger partial charge in [-0.1, -0.05) is 17.9 Å². The summed E-state index contributed by atoms with van der Waals surface area (Å²) in [5.74, 6) is 5.38. The first-order valence-corrected chi connectivity index (χ1v) is 7.51. The van der Waals surface area contributed by atoms with Crippen LogP contribution in [0.2, 0.25) is 0 Å². The van der Waals surface area contributed by atoms with Gasteiger partial charge in [-0.05, 0) is 37.5 Å². The molecule has 1 aromatic carbocycles. The Balaban J connectivity index is 1.60. The Morgan fingerprint density at radius 1 is 1.38 bits per heavy atom. The number of carbonyl (C=O) groups is 1. The second-order valence-corrected chi connectivity index (χ2v) is 5.73. The molecule has 0 radical (unpaired) electrons. The number of likely N-dealkylation sites (tertiary alicyclic amines) is 1. The zero-order chi connectivity index (χ0) is 14.7. The molecule has 2 aliphatic rings. The summed E-state index contributed by atoms with van der Waals surface area (Å²) >= 11 is 0. The molecule has 1 atom stereocenters. The fraction of sp³-hybridized carbons (Fsp3) is 0.471. The molecule has 1 amide bonds. The van der Waals surface area contributed by atoms with Crippen LogP contribution in [0, 0.1) is 11.8 Å². The molecule has 1 saturated carbocycles. The number of aliphatic hydroxyl groups is 1. The van der Waals surface area contributed by atoms with Crippen molar-refractivity contribution in [2.24, 2.45) is 0 Å². The Morgan fingerprint density at radius 2 is 2.24 bits per heavy atom. The van der Waals surface area contributed by atoms with Gasteiger partial charge in [0, 0.05) is 36.3 Å². The van der Waals surface area contributed by atoms with Gasteiger partial charge in [0.2, 0.25) is 0 Å². The maximum absolute atomic E-state index is 12.3. The summed E-state index contributed by atoms with van der Waals surface area (Å²) in [4.78, 5) is 14.8. The van der Waals surface area contributed by atoms with E-state index < -0.39 is 0 Å². The molecule has 0 bridgehead atoms. The maximum Gasteiger partial charge on any atom is 0.251 e. The molecule has 1 aromatic rings. The quantitative estimate of drug-likeness (QED) is 0.814. The van der Waals surface area contributed by atoms with E-state index in [0.29, 0.717) is 5.56 Å². The number of aliphatic hydroxyl groups excluding tert-OH is 1. The van der Waals surface area contributed by atoms with Crippen LogP contribution in [0.15, 0.2) is 24.3 Å². The summed E-state index contributed by atoms with van der Waals surface area (Å²) in [6.07, 6.45) is 3.66. The van der Waals surface area contributed by atoms with Gasteiger partial charge in [0.25, 0.3) is 5.91 Å². The number of nitrogens with one attached hydrogen (secondary N) is 1. The van der Waals surface area contributed by atoms with Crippen molar-refractivity contribution in [1.29, 1.82) is 0 Å². The molecule has 21 heavy (non-hydrogen) atoms. The second kappa shape index (κ2) is 6.30. The van der Waals surface area contributed by atoms with Crippen molar-refractivity contribution in [3.05, 3.63) is 35.4 Å². The number of amides is 1. The third kappa shape index (κ3) is 3.63. The number of benzene rings is 1. The molecule has 110 valence electrons. The highest BCUT2D eigenvalue weighted by molar-refractivity contribution is 5.94. The number of nitrogens with zero attached hydrogens (tertiary/aromatic N) is 1. The van der Waals surface area contributed by atoms with Crippen molar-refractivity contribution in [3.8, 4) is 11.8 Å². The molecule has 3 rings (SSSR count). The molecule has 1 aliphatic carbocycles. The van der Waals surface area contributed by atoms with Crippen molar-refractivity contribution in [1.82, 2.24) is 10.2 Å². The normalized spacial score (nSPS) is 21.7. The van der Waals surface area contributed by atoms with E-state index in [0.717, 1.165) is 31.1 Å². The highest BCUT2D eigenvalue weighted by atomic mass is 16.2. The Labute approximate surface area is 125 Å². The van der Waals surface area contributed by atoms with Crippen LogP contribution in [0.5, 0.6) is 0 Å². The van der Waals surface area contributed by atoms with Crippen LogP contribution in [0.1, 0.15) is 35.2 Å². The van der Waals surface area contributed by atoms with E-state index in [4.69, 9.17) is 5.11 Å². The van der Waals surface area contributed by atoms with Gasteiger partial charge in [0.1, 0.15) is 6.61 Å². The van der Waals surface area contributed by atoms with Gasteiger partial charge in [0.05, 0.1) is 0 Å². The molecule has 4 heteroatoms. The zero-order valence-electron chi connectivity index (χ0n) is 12.0. The highest BCUT2D eigenvalue weighted by Gasteiger charge is 2.34. The Morgan fingerprint density at radius 3 is 3.00 bits per heavy atom. The Hall–Kier alpha value is -1.83. The third-order valence-electron chi connectivity index (χ3n) is 4.05. The van der Waals surface area contributed by atoms with Gasteiger partial charge in [-0.25, -0.2) is 0 Å². The zero-order valence-corrected chi connectivity index (χ0v) is 12.0. The number of hydrogen-bond acceptors (Lipinski definition) is 3. The van der Waals surface area contributed by atoms with E-state index in [1.165, 1.54) is 12.8 Å². The fourth-order valence-electron chi connectivity index (χ4n) is 2.82. The van der Waals surface area contributed by atoms with Gasteiger partial charge in [-0.3, -0.25) is 9.69 Å². The lowest BCUT2D eigenvalue weighted by atomic mass is 10.1. The molecule has 2 N–H and O–H groups in total. The first-order valence-electron chi connectivity index (χ1n) is 7.51. The van der Waals surface area contributed by atoms with Gasteiger partial charge < -0.3 is 10.4 Å². The van der Waals surface area contributed by atoms with E-state index in [9.17, 15) is 4.79 Å². The van der Waals surface area contributed by atoms with Crippen LogP contribution in [0.4, 0.5) is 0 Å². The van der Waals surface area contributed by atoms with Gasteiger partial charge in [-0.2, -0.15) is 0 Å². The second-order valence-electron chi connectivity index (χ2n) is 5.73. The molecule has 2 fully saturated rings. The van der Waals surface area contributed by atoms with Crippen LogP contribution >= 0.6 is 0 Å². The molecule has 1 saturated heterocycles. The van der Waals surface area contributed by atoms with Crippen molar-refractivity contribution >= 4 is 5.91 Å². The van der Waals surface area contributed by atoms with E-state index in [1.807, 2.05) is 12.1 Å². The topological polar surface area (TPSA) is 52.6 Å². The van der Waals surface area contributed by atoms with Crippen LogP contribution < -0.4 is 5.32 Å². The standard InChI is InChI=1S/C17H20N2O2/c20-10-2-4-13-3-1-5-14(11-13)17(21)18-15-8-9-19(12-15)16-6-7-16/h1,3,5,11,15-16,20H,6-10,12H2,(H,18,21). The maximum atomic E-state index is 12.3. The summed E-state index contributed by atoms with van der Waals surface area (Å²) < 4.78 is 0. The first-order chi connectivity index (χ1) is 10.3. The first kappa shape index (κ1) is 14.1. The van der Waals surface area contributed by atoms with Crippen LogP contribution in [-0.4, -0.2) is 47.7 Å². The van der Waals surface area contributed by atoms with E-state index in [1.54, 1.807) is 12.1 Å². The summed E-state index contributed by atoms with van der Waals surface area (Å²) in [6.45, 7) is 1.90. The van der Waals surface area contributed by atoms with Gasteiger partial charge >= 0.3 is 0 Å². The number of rotatable bonds is 3. The van der Waals surface area contributed by atoms with E-state index in [2.05, 4.69) is 22.1 Å². The predicted octanol–water partition coefficient (Wildman–Crippen LogP) is 0.997. The van der Waals surface area contributed by atoms with Gasteiger partial charge in [-0.15, -0.1) is 0 Å². The molecule has 4 nitrogen and oxygen atoms in total. The summed E-state index contributed by atoms with van der Waals surface area (Å²) in [5, 5.41) is 11.8. The predicted molar refractivity (Wildman–Crippen MR) is 80.9 cm³/mol. The number of hydrogen-bond donors (Lipinski definition) is 2. The minimum Gasteiger partial charge on any atom is -0.384 e. The molecule has 1 heterocycles. The fourth-order valence-corrected chi connectivity index (χ4v) is 2.82. The smallest absolute Gasteiger partial charge is 0.251 e. The highest BCUT2D eigenvalue weighted by Crippen LogP contribution is 2.29. The molecular weight excluding hydrogens is 264 g/mol. The van der Waals surface area contributed by atoms with Crippen molar-refractivity contribution < 1.29 is 9.90 Å². The molecule has 0 spiro atoms. The molecule has 1 unspecified atom stereocenters. The van der Waals surface area contributed by atoms with Crippen molar-refractivity contribution in [2.75, 3.05) is 19.7 Å². The summed E-state index contributed by atoms with van der Waals surface area (Å²) in [6, 6.07) is 8.25. The molecular formula is C17H20N2O2. The lowest BCUT2D eigenvalue weighted by molar-refractivity contribution is 0.0937. The van der Waals surface area contributed by atoms with E-state index in [-0.39, 0.29) is 18.6 Å². The number of carbonyl (C=O) groups excluding carboxylic acids is 1. The Kier molecular flexibility index (Phi) is 4.23. The summed E-state index contributed by atoms with van der Waals surface area (Å²) in [7, 11) is 0. The minimum absolute atomic E-state index is 0.0368. The SMILES string of the molecule is O=C(NC1CCN(C2CC2)C1)c1cccc(C#CCO)c1. The summed E-state index contributed by atoms with van der Waals surface area (Å²) in [5.41, 5.74) is 1.38. The van der Waals surface area contributed by atoms with Crippen LogP contribution in [0.25, 0.3) is 0 Å². The van der Waals surface area contributed by atoms with E-state index >= 15 is 0 Å². The van der Waals surface area contributed by atoms with Crippen LogP contribution in [0.3, 0.4) is 0 Å². The van der Waals surface area contributed by atoms with Gasteiger partial charge in [0.15, 0.2) is 0 Å². The van der Waals surface area contributed by atoms with Crippen LogP contribution in [-0.2, 0) is 0 Å². The average Bonchev–Trinajstić information content (AvgIpc) is 3.26. The minimum atomic E-state index is -0.171. The third-order valence-corrected chi connectivity index (χ3v) is 4.05. The largest absolute Gasteiger partial charge is 0.384 e. The van der Waals surface area contributed by atoms with Crippen molar-refractivity contribution in [2.45, 2.75) is 31.3 Å². The average molecular weight is 284 g/mol. The molecule has 0 aromatic heterocycles. The molecule has 1 aliphatic heterocycles. The Bertz CT molecular complexity index is 584. The van der Waals surface area contributed by atoms with Crippen molar-refractivity contribution in [3.63, 3.8) is 0 Å². The monoisotopic (exact) mass is 284 g/mol. The lowest BCUT2D eigenvalue weighted by Crippen LogP contribution is -2.37. The lowest BCUT2D eigenvalue weighted by Gasteiger charge is -2.15.